The van der Waals surface area contributed by atoms with Crippen LogP contribution in [0.5, 0.6) is 0 Å². The average Bonchev–Trinajstić information content (AvgIpc) is 3.42. The molecule has 12 heteroatoms. The molecule has 2 aliphatic rings. The normalized spacial score (nSPS) is 18.1. The summed E-state index contributed by atoms with van der Waals surface area (Å²) in [5.41, 5.74) is 2.79. The molecule has 1 fully saturated rings. The molecule has 1 aromatic heterocycles. The second-order valence-corrected chi connectivity index (χ2v) is 14.8. The van der Waals surface area contributed by atoms with Crippen molar-refractivity contribution in [2.24, 2.45) is 11.8 Å². The summed E-state index contributed by atoms with van der Waals surface area (Å²) in [4.78, 5) is 31.7. The van der Waals surface area contributed by atoms with Gasteiger partial charge in [0.1, 0.15) is 10.9 Å². The summed E-state index contributed by atoms with van der Waals surface area (Å²) >= 11 is 1.43. The fourth-order valence-electron chi connectivity index (χ4n) is 6.38. The van der Waals surface area contributed by atoms with Crippen molar-refractivity contribution in [3.05, 3.63) is 52.5 Å². The number of hydrogen-bond donors (Lipinski definition) is 3. The van der Waals surface area contributed by atoms with Gasteiger partial charge in [0.25, 0.3) is 0 Å². The Balaban J connectivity index is 1.46. The third-order valence-electron chi connectivity index (χ3n) is 8.69. The van der Waals surface area contributed by atoms with Crippen LogP contribution in [0.2, 0.25) is 0 Å². The number of carboxylic acids is 1. The first-order valence-electron chi connectivity index (χ1n) is 15.5. The largest absolute Gasteiger partial charge is 0.481 e. The number of aromatic nitrogens is 1. The predicted octanol–water partition coefficient (Wildman–Crippen LogP) is 5.19. The zero-order chi connectivity index (χ0) is 31.3. The summed E-state index contributed by atoms with van der Waals surface area (Å²) < 4.78 is 45.0. The summed E-state index contributed by atoms with van der Waals surface area (Å²) in [5, 5.41) is 13.3. The Hall–Kier alpha value is -3.09. The molecule has 3 N–H and O–H groups in total. The van der Waals surface area contributed by atoms with Gasteiger partial charge in [-0.25, -0.2) is 13.4 Å². The number of nitrogens with zero attached hydrogens (tertiary/aromatic N) is 2. The number of thiazole rings is 1. The Morgan fingerprint density at radius 2 is 1.95 bits per heavy atom. The van der Waals surface area contributed by atoms with Gasteiger partial charge in [-0.15, -0.1) is 11.3 Å². The van der Waals surface area contributed by atoms with Gasteiger partial charge < -0.3 is 15.3 Å². The predicted molar refractivity (Wildman–Crippen MR) is 170 cm³/mol. The fraction of sp³-hybridized carbons (Fsp3) is 0.531. The maximum absolute atomic E-state index is 14.2. The molecule has 2 aromatic carbocycles. The Bertz CT molecular complexity index is 1550. The number of carbonyl (C=O) groups is 2. The summed E-state index contributed by atoms with van der Waals surface area (Å²) in [6.45, 7) is 3.26. The molecule has 0 spiro atoms. The van der Waals surface area contributed by atoms with Crippen LogP contribution >= 0.6 is 11.3 Å². The Labute approximate surface area is 262 Å². The molecule has 2 unspecified atom stereocenters. The number of halogens is 1. The fourth-order valence-corrected chi connectivity index (χ4v) is 8.85. The lowest BCUT2D eigenvalue weighted by Crippen LogP contribution is -2.51. The number of alkyl halides is 1. The highest BCUT2D eigenvalue weighted by Gasteiger charge is 2.35. The van der Waals surface area contributed by atoms with Crippen molar-refractivity contribution in [3.8, 4) is 0 Å². The maximum Gasteiger partial charge on any atom is 0.303 e. The number of carboxylic acid groups (broad SMARTS) is 1. The summed E-state index contributed by atoms with van der Waals surface area (Å²) in [6, 6.07) is 9.99. The number of amides is 1. The van der Waals surface area contributed by atoms with Gasteiger partial charge in [0.15, 0.2) is 0 Å². The number of aliphatic carboxylic acids is 1. The molecule has 2 aliphatic heterocycles. The minimum Gasteiger partial charge on any atom is -0.481 e. The van der Waals surface area contributed by atoms with E-state index in [2.05, 4.69) is 21.9 Å². The number of benzene rings is 2. The number of nitrogens with one attached hydrogen (secondary N) is 2. The molecule has 3 heterocycles. The number of aryl methyl sites for hydroxylation is 1. The second-order valence-electron chi connectivity index (χ2n) is 12.0. The van der Waals surface area contributed by atoms with Crippen molar-refractivity contribution in [2.45, 2.75) is 75.6 Å². The van der Waals surface area contributed by atoms with E-state index in [-0.39, 0.29) is 42.7 Å². The van der Waals surface area contributed by atoms with Crippen LogP contribution in [0.4, 0.5) is 10.1 Å². The summed E-state index contributed by atoms with van der Waals surface area (Å²) in [5.74, 6) is -0.715. The van der Waals surface area contributed by atoms with Crippen LogP contribution in [0.1, 0.15) is 61.6 Å². The molecule has 44 heavy (non-hydrogen) atoms. The first kappa shape index (κ1) is 32.3. The van der Waals surface area contributed by atoms with E-state index in [0.717, 1.165) is 28.6 Å². The number of piperidine rings is 1. The van der Waals surface area contributed by atoms with Crippen molar-refractivity contribution >= 4 is 49.1 Å². The van der Waals surface area contributed by atoms with Crippen LogP contribution < -0.4 is 10.0 Å². The van der Waals surface area contributed by atoms with E-state index in [4.69, 9.17) is 0 Å². The lowest BCUT2D eigenvalue weighted by atomic mass is 9.89. The summed E-state index contributed by atoms with van der Waals surface area (Å²) in [7, 11) is -4.23. The van der Waals surface area contributed by atoms with E-state index in [9.17, 15) is 27.5 Å². The highest BCUT2D eigenvalue weighted by Crippen LogP contribution is 2.35. The van der Waals surface area contributed by atoms with Gasteiger partial charge in [0.05, 0.1) is 27.6 Å². The molecule has 5 rings (SSSR count). The van der Waals surface area contributed by atoms with Gasteiger partial charge in [-0.3, -0.25) is 14.0 Å². The number of para-hydroxylation sites is 1. The number of hydrogen-bond acceptors (Lipinski definition) is 7. The quantitative estimate of drug-likeness (QED) is 0.234. The van der Waals surface area contributed by atoms with Crippen LogP contribution in [0, 0.1) is 11.8 Å². The molecule has 3 aromatic rings. The third kappa shape index (κ3) is 7.76. The van der Waals surface area contributed by atoms with Crippen LogP contribution in [-0.2, 0) is 38.9 Å². The van der Waals surface area contributed by atoms with Gasteiger partial charge >= 0.3 is 5.97 Å². The molecule has 0 aliphatic carbocycles. The molecular weight excluding hydrogens is 604 g/mol. The number of sulfonamides is 1. The van der Waals surface area contributed by atoms with Crippen molar-refractivity contribution in [3.63, 3.8) is 0 Å². The van der Waals surface area contributed by atoms with Gasteiger partial charge in [-0.2, -0.15) is 4.72 Å². The number of rotatable bonds is 13. The molecule has 9 nitrogen and oxygen atoms in total. The molecule has 0 bridgehead atoms. The molecule has 1 amide bonds. The minimum atomic E-state index is -4.23. The molecule has 0 saturated carbocycles. The van der Waals surface area contributed by atoms with Gasteiger partial charge in [-0.1, -0.05) is 31.5 Å². The van der Waals surface area contributed by atoms with Crippen LogP contribution in [0.25, 0.3) is 10.2 Å². The lowest BCUT2D eigenvalue weighted by molar-refractivity contribution is -0.137. The van der Waals surface area contributed by atoms with Crippen LogP contribution in [0.3, 0.4) is 0 Å². The van der Waals surface area contributed by atoms with E-state index in [1.165, 1.54) is 11.3 Å². The molecular formula is C32H41FN4O5S2. The number of fused-ring (bicyclic) bond motifs is 2. The first-order chi connectivity index (χ1) is 21.2. The van der Waals surface area contributed by atoms with Gasteiger partial charge in [0, 0.05) is 32.5 Å². The zero-order valence-corrected chi connectivity index (χ0v) is 26.7. The second kappa shape index (κ2) is 14.3. The van der Waals surface area contributed by atoms with Gasteiger partial charge in [-0.05, 0) is 79.7 Å². The standard InChI is InChI=1S/C32H41FN4O5S2/c1-2-5-23-17-24-16-22(8-9-30(38)39)18-28(31(24)34-20-23)44(41,42)36-26(19-29-35-25-6-3-4-7-27(25)43-29)32(40)37-14-11-21(10-13-33)12-15-37/h3-4,6-7,16,18,21,23,26,34,36H,2,5,8-15,17,19-20H2,1H3,(H,38,39). The molecule has 2 atom stereocenters. The summed E-state index contributed by atoms with van der Waals surface area (Å²) in [6.07, 6.45) is 4.70. The monoisotopic (exact) mass is 644 g/mol. The van der Waals surface area contributed by atoms with Crippen molar-refractivity contribution < 1.29 is 27.5 Å². The smallest absolute Gasteiger partial charge is 0.303 e. The number of likely N-dealkylation sites (tertiary alicyclic amines) is 1. The van der Waals surface area contributed by atoms with E-state index >= 15 is 0 Å². The third-order valence-corrected chi connectivity index (χ3v) is 11.2. The highest BCUT2D eigenvalue weighted by atomic mass is 32.2. The van der Waals surface area contributed by atoms with Crippen LogP contribution in [-0.4, -0.2) is 67.6 Å². The lowest BCUT2D eigenvalue weighted by Gasteiger charge is -2.34. The van der Waals surface area contributed by atoms with E-state index < -0.39 is 22.0 Å². The average molecular weight is 645 g/mol. The van der Waals surface area contributed by atoms with E-state index in [1.54, 1.807) is 11.0 Å². The molecule has 238 valence electrons. The van der Waals surface area contributed by atoms with Crippen LogP contribution in [0.15, 0.2) is 41.3 Å². The highest BCUT2D eigenvalue weighted by molar-refractivity contribution is 7.89. The zero-order valence-electron chi connectivity index (χ0n) is 25.1. The number of anilines is 1. The SMILES string of the molecule is CCCC1CNc2c(cc(CCC(=O)O)cc2S(=O)(=O)NC(Cc2nc3ccccc3s2)C(=O)N2CCC(CCF)CC2)C1. The Morgan fingerprint density at radius 1 is 1.18 bits per heavy atom. The number of carbonyl (C=O) groups excluding carboxylic acids is 1. The molecule has 0 radical (unpaired) electrons. The molecule has 1 saturated heterocycles. The van der Waals surface area contributed by atoms with Gasteiger partial charge in [0.2, 0.25) is 15.9 Å². The maximum atomic E-state index is 14.2. The Kier molecular flexibility index (Phi) is 10.5. The Morgan fingerprint density at radius 3 is 2.66 bits per heavy atom. The van der Waals surface area contributed by atoms with Crippen molar-refractivity contribution in [2.75, 3.05) is 31.6 Å². The minimum absolute atomic E-state index is 0.0362. The van der Waals surface area contributed by atoms with E-state index in [0.29, 0.717) is 67.5 Å². The van der Waals surface area contributed by atoms with Crippen molar-refractivity contribution in [1.82, 2.24) is 14.6 Å². The van der Waals surface area contributed by atoms with E-state index in [1.807, 2.05) is 30.3 Å². The topological polar surface area (TPSA) is 129 Å². The van der Waals surface area contributed by atoms with Crippen molar-refractivity contribution in [1.29, 1.82) is 0 Å². The first-order valence-corrected chi connectivity index (χ1v) is 17.8.